The number of imidazole rings is 1. The smallest absolute Gasteiger partial charge is 0.386 e. The number of aromatic nitrogens is 4. The highest BCUT2D eigenvalue weighted by Crippen LogP contribution is 2.66. The Morgan fingerprint density at radius 1 is 1.29 bits per heavy atom. The Labute approximate surface area is 186 Å². The Morgan fingerprint density at radius 3 is 2.53 bits per heavy atom. The van der Waals surface area contributed by atoms with Crippen molar-refractivity contribution in [3.63, 3.8) is 0 Å². The van der Waals surface area contributed by atoms with E-state index in [1.54, 1.807) is 0 Å². The van der Waals surface area contributed by atoms with Gasteiger partial charge in [-0.15, -0.1) is 0 Å². The van der Waals surface area contributed by atoms with Crippen molar-refractivity contribution in [1.29, 1.82) is 5.26 Å². The van der Waals surface area contributed by atoms with Gasteiger partial charge in [0.15, 0.2) is 23.6 Å². The number of phosphoric ester groups is 1. The summed E-state index contributed by atoms with van der Waals surface area (Å²) in [4.78, 5) is 57.2. The van der Waals surface area contributed by atoms with E-state index >= 15 is 0 Å². The van der Waals surface area contributed by atoms with Gasteiger partial charge in [0.05, 0.1) is 6.33 Å². The molecule has 2 aromatic heterocycles. The molecule has 0 radical (unpaired) electrons. The zero-order valence-corrected chi connectivity index (χ0v) is 18.8. The van der Waals surface area contributed by atoms with Crippen LogP contribution >= 0.6 is 23.5 Å². The number of fused-ring (bicyclic) bond motifs is 1. The number of halogens is 1. The fourth-order valence-electron chi connectivity index (χ4n) is 2.83. The number of aliphatic hydroxyl groups excluding tert-OH is 1. The molecule has 188 valence electrons. The second kappa shape index (κ2) is 8.84. The first-order valence-corrected chi connectivity index (χ1v) is 12.9. The molecule has 3 heterocycles. The van der Waals surface area contributed by atoms with Gasteiger partial charge in [-0.25, -0.2) is 23.1 Å². The number of hydrogen-bond acceptors (Lipinski definition) is 13. The fraction of sp³-hybridized carbons (Fsp3) is 0.455. The molecule has 0 bridgehead atoms. The maximum atomic E-state index is 14.9. The van der Waals surface area contributed by atoms with E-state index < -0.39 is 59.7 Å². The number of nitriles is 1. The number of H-pyrrole nitrogens is 1. The first kappa shape index (κ1) is 26.5. The molecular weight excluding hydrogens is 536 g/mol. The Kier molecular flexibility index (Phi) is 6.89. The normalized spacial score (nSPS) is 28.9. The van der Waals surface area contributed by atoms with Crippen molar-refractivity contribution in [1.82, 2.24) is 19.5 Å². The van der Waals surface area contributed by atoms with Crippen LogP contribution < -0.4 is 11.3 Å². The molecule has 0 aromatic carbocycles. The van der Waals surface area contributed by atoms with Gasteiger partial charge in [-0.3, -0.25) is 18.9 Å². The average Bonchev–Trinajstić information content (AvgIpc) is 3.18. The number of ether oxygens (including phenoxy) is 1. The van der Waals surface area contributed by atoms with E-state index in [1.165, 1.54) is 6.07 Å². The monoisotopic (exact) mass is 550 g/mol. The van der Waals surface area contributed by atoms with Gasteiger partial charge >= 0.3 is 23.5 Å². The second-order valence-electron chi connectivity index (χ2n) is 6.54. The molecule has 0 saturated carbocycles. The van der Waals surface area contributed by atoms with Crippen molar-refractivity contribution in [2.24, 2.45) is 0 Å². The lowest BCUT2D eigenvalue weighted by Crippen LogP contribution is -2.44. The van der Waals surface area contributed by atoms with Crippen LogP contribution in [0.15, 0.2) is 11.1 Å². The lowest BCUT2D eigenvalue weighted by atomic mass is 9.99. The quantitative estimate of drug-likeness (QED) is 0.185. The number of nitrogens with zero attached hydrogens (tertiary/aromatic N) is 4. The summed E-state index contributed by atoms with van der Waals surface area (Å²) in [5.41, 5.74) is 1.30. The van der Waals surface area contributed by atoms with Crippen molar-refractivity contribution in [3.8, 4) is 6.07 Å². The minimum Gasteiger partial charge on any atom is -0.386 e. The van der Waals surface area contributed by atoms with Crippen LogP contribution in [0.4, 0.5) is 10.3 Å². The summed E-state index contributed by atoms with van der Waals surface area (Å²) in [7, 11) is -17.3. The van der Waals surface area contributed by atoms with Crippen LogP contribution in [0.1, 0.15) is 6.23 Å². The lowest BCUT2D eigenvalue weighted by Gasteiger charge is -2.25. The summed E-state index contributed by atoms with van der Waals surface area (Å²) in [6.07, 6.45) is -5.82. The first-order chi connectivity index (χ1) is 15.5. The molecule has 2 unspecified atom stereocenters. The van der Waals surface area contributed by atoms with Gasteiger partial charge < -0.3 is 35.2 Å². The molecule has 1 fully saturated rings. The maximum Gasteiger partial charge on any atom is 0.490 e. The Hall–Kier alpha value is -2.10. The van der Waals surface area contributed by atoms with Crippen molar-refractivity contribution in [2.45, 2.75) is 24.1 Å². The van der Waals surface area contributed by atoms with Gasteiger partial charge in [-0.1, -0.05) is 0 Å². The highest BCUT2D eigenvalue weighted by molar-refractivity contribution is 7.66. The van der Waals surface area contributed by atoms with Crippen LogP contribution in [0.5, 0.6) is 0 Å². The van der Waals surface area contributed by atoms with E-state index in [4.69, 9.17) is 25.2 Å². The number of aliphatic hydroxyl groups is 1. The summed E-state index contributed by atoms with van der Waals surface area (Å²) >= 11 is 0. The van der Waals surface area contributed by atoms with Gasteiger partial charge in [0.2, 0.25) is 11.5 Å². The number of nitrogens with two attached hydrogens (primary N) is 1. The number of anilines is 1. The number of rotatable bonds is 8. The lowest BCUT2D eigenvalue weighted by molar-refractivity contribution is -0.0895. The average molecular weight is 550 g/mol. The van der Waals surface area contributed by atoms with Crippen molar-refractivity contribution >= 4 is 40.6 Å². The number of phosphoric acid groups is 3. The third kappa shape index (κ3) is 5.42. The zero-order chi connectivity index (χ0) is 25.7. The van der Waals surface area contributed by atoms with Crippen LogP contribution in [-0.4, -0.2) is 68.7 Å². The summed E-state index contributed by atoms with van der Waals surface area (Å²) < 4.78 is 66.2. The molecule has 3 rings (SSSR count). The topological polar surface area (TPSA) is 303 Å². The summed E-state index contributed by atoms with van der Waals surface area (Å²) in [5, 5.41) is 19.7. The van der Waals surface area contributed by atoms with Crippen molar-refractivity contribution in [3.05, 3.63) is 16.7 Å². The number of alkyl halides is 1. The molecule has 8 N–H and O–H groups in total. The predicted molar refractivity (Wildman–Crippen MR) is 102 cm³/mol. The van der Waals surface area contributed by atoms with Crippen molar-refractivity contribution < 1.29 is 60.6 Å². The van der Waals surface area contributed by atoms with E-state index in [1.807, 2.05) is 0 Å². The van der Waals surface area contributed by atoms with E-state index in [0.29, 0.717) is 0 Å². The van der Waals surface area contributed by atoms with Gasteiger partial charge in [-0.05, 0) is 0 Å². The predicted octanol–water partition coefficient (Wildman–Crippen LogP) is -1.46. The highest BCUT2D eigenvalue weighted by Gasteiger charge is 2.58. The highest BCUT2D eigenvalue weighted by atomic mass is 31.3. The first-order valence-electron chi connectivity index (χ1n) is 8.41. The Balaban J connectivity index is 1.84. The molecule has 34 heavy (non-hydrogen) atoms. The standard InChI is InChI=1S/C11H14FN6O13P3/c12-4-6(19)11(1-13,2-28-33(24,25)31-34(26,27)30-32(21,22)23)29-9(4)18-3-15-5-7(18)16-10(14)17-8(5)20/h3-4,6,9,19H,2H2,(H,24,25)(H,26,27)(H2,21,22,23)(H3,14,16,17,20)/t4-,6+,9-,11-/m1/s1. The molecule has 6 atom stereocenters. The summed E-state index contributed by atoms with van der Waals surface area (Å²) in [5.74, 6) is -0.382. The minimum absolute atomic E-state index is 0.303. The van der Waals surface area contributed by atoms with Crippen LogP contribution in [0.3, 0.4) is 0 Å². The minimum atomic E-state index is -5.87. The van der Waals surface area contributed by atoms with Crippen LogP contribution in [0.25, 0.3) is 11.2 Å². The van der Waals surface area contributed by atoms with Crippen LogP contribution in [0.2, 0.25) is 0 Å². The van der Waals surface area contributed by atoms with Gasteiger partial charge in [0, 0.05) is 0 Å². The van der Waals surface area contributed by atoms with E-state index in [0.717, 1.165) is 10.9 Å². The number of nitrogens with one attached hydrogen (secondary N) is 1. The fourth-order valence-corrected chi connectivity index (χ4v) is 5.88. The van der Waals surface area contributed by atoms with E-state index in [-0.39, 0.29) is 17.1 Å². The molecule has 19 nitrogen and oxygen atoms in total. The summed E-state index contributed by atoms with van der Waals surface area (Å²) in [6.45, 7) is -1.46. The molecule has 1 aliphatic rings. The number of nitrogen functional groups attached to an aromatic ring is 1. The van der Waals surface area contributed by atoms with Crippen molar-refractivity contribution in [2.75, 3.05) is 12.3 Å². The van der Waals surface area contributed by atoms with Gasteiger partial charge in [0.25, 0.3) is 5.56 Å². The number of aromatic amines is 1. The summed E-state index contributed by atoms with van der Waals surface area (Å²) in [6, 6.07) is 1.33. The third-order valence-electron chi connectivity index (χ3n) is 4.15. The van der Waals surface area contributed by atoms with E-state index in [2.05, 4.69) is 28.1 Å². The third-order valence-corrected chi connectivity index (χ3v) is 7.94. The molecule has 0 aliphatic carbocycles. The van der Waals surface area contributed by atoms with E-state index in [9.17, 15) is 38.1 Å². The van der Waals surface area contributed by atoms with Crippen LogP contribution in [-0.2, 0) is 31.6 Å². The zero-order valence-electron chi connectivity index (χ0n) is 16.1. The Morgan fingerprint density at radius 2 is 1.94 bits per heavy atom. The van der Waals surface area contributed by atoms with Gasteiger partial charge in [-0.2, -0.15) is 18.9 Å². The number of hydrogen-bond donors (Lipinski definition) is 7. The maximum absolute atomic E-state index is 14.9. The molecule has 1 saturated heterocycles. The largest absolute Gasteiger partial charge is 0.490 e. The van der Waals surface area contributed by atoms with Gasteiger partial charge in [0.1, 0.15) is 18.8 Å². The Bertz CT molecular complexity index is 1350. The molecule has 23 heteroatoms. The molecule has 0 amide bonds. The van der Waals surface area contributed by atoms with Crippen LogP contribution in [0, 0.1) is 11.3 Å². The molecule has 0 spiro atoms. The molecule has 2 aromatic rings. The molecule has 1 aliphatic heterocycles. The SMILES string of the molecule is N#C[C@]1(COP(=O)(O)OP(=O)(O)OP(=O)(O)O)O[C@@H](n2cnc3c(=O)[nH]c(N)nc32)[C@H](F)[C@@H]1O. The second-order valence-corrected chi connectivity index (χ2v) is 11.0. The molecular formula is C11H14FN6O13P3.